The van der Waals surface area contributed by atoms with Crippen LogP contribution < -0.4 is 0 Å². The minimum absolute atomic E-state index is 0.238. The Kier molecular flexibility index (Phi) is 3.36. The second-order valence-electron chi connectivity index (χ2n) is 4.95. The van der Waals surface area contributed by atoms with Gasteiger partial charge in [0.15, 0.2) is 0 Å². The van der Waals surface area contributed by atoms with Gasteiger partial charge in [0.2, 0.25) is 0 Å². The van der Waals surface area contributed by atoms with E-state index in [2.05, 4.69) is 10.2 Å². The number of benzene rings is 2. The molecule has 2 heterocycles. The maximum absolute atomic E-state index is 5.47. The fourth-order valence-corrected chi connectivity index (χ4v) is 2.51. The van der Waals surface area contributed by atoms with E-state index in [4.69, 9.17) is 21.7 Å². The van der Waals surface area contributed by atoms with Crippen molar-refractivity contribution in [3.8, 4) is 28.5 Å². The quantitative estimate of drug-likeness (QED) is 0.573. The highest BCUT2D eigenvalue weighted by Crippen LogP contribution is 2.27. The van der Waals surface area contributed by atoms with E-state index >= 15 is 0 Å². The molecule has 0 aliphatic carbocycles. The lowest BCUT2D eigenvalue weighted by molar-refractivity contribution is 0.547. The molecule has 4 aromatic rings. The molecule has 0 spiro atoms. The summed E-state index contributed by atoms with van der Waals surface area (Å²) in [6.07, 6.45) is 0. The molecule has 0 fully saturated rings. The molecule has 0 atom stereocenters. The summed E-state index contributed by atoms with van der Waals surface area (Å²) in [5.41, 5.74) is 3.53. The van der Waals surface area contributed by atoms with Gasteiger partial charge in [-0.1, -0.05) is 48.5 Å². The van der Waals surface area contributed by atoms with E-state index in [1.807, 2.05) is 66.7 Å². The van der Waals surface area contributed by atoms with Crippen LogP contribution >= 0.6 is 12.2 Å². The van der Waals surface area contributed by atoms with Crippen molar-refractivity contribution in [2.75, 3.05) is 0 Å². The summed E-state index contributed by atoms with van der Waals surface area (Å²) in [5, 5.41) is 11.5. The Morgan fingerprint density at radius 3 is 2.30 bits per heavy atom. The van der Waals surface area contributed by atoms with Crippen LogP contribution in [0.25, 0.3) is 28.5 Å². The average molecular weight is 320 g/mol. The number of hydrogen-bond donors (Lipinski definition) is 1. The van der Waals surface area contributed by atoms with Crippen LogP contribution in [0.1, 0.15) is 0 Å². The van der Waals surface area contributed by atoms with Gasteiger partial charge >= 0.3 is 0 Å². The molecule has 2 aromatic carbocycles. The number of H-pyrrole nitrogens is 1. The number of aromatic amines is 1. The van der Waals surface area contributed by atoms with Crippen LogP contribution in [-0.4, -0.2) is 20.0 Å². The lowest BCUT2D eigenvalue weighted by atomic mass is 10.1. The van der Waals surface area contributed by atoms with Crippen molar-refractivity contribution in [1.29, 1.82) is 0 Å². The lowest BCUT2D eigenvalue weighted by Gasteiger charge is -2.03. The van der Waals surface area contributed by atoms with E-state index in [1.54, 1.807) is 4.68 Å². The van der Waals surface area contributed by atoms with Crippen LogP contribution in [0.15, 0.2) is 71.1 Å². The first-order valence-corrected chi connectivity index (χ1v) is 7.49. The average Bonchev–Trinajstić information content (AvgIpc) is 3.23. The first-order chi connectivity index (χ1) is 11.3. The van der Waals surface area contributed by atoms with Crippen LogP contribution in [0.3, 0.4) is 0 Å². The standard InChI is InChI=1S/C17H12N4OS/c23-17-19-18-16(22-17)15-11-14(12-7-3-1-4-8-12)20-21(15)13-9-5-2-6-10-13/h1-11H,(H,19,23). The van der Waals surface area contributed by atoms with Crippen molar-refractivity contribution < 1.29 is 4.42 Å². The molecule has 0 radical (unpaired) electrons. The molecule has 112 valence electrons. The SMILES string of the molecule is S=c1[nH]nc(-c2cc(-c3ccccc3)nn2-c2ccccc2)o1. The van der Waals surface area contributed by atoms with Crippen molar-refractivity contribution >= 4 is 12.2 Å². The summed E-state index contributed by atoms with van der Waals surface area (Å²) in [7, 11) is 0. The monoisotopic (exact) mass is 320 g/mol. The van der Waals surface area contributed by atoms with Gasteiger partial charge in [-0.15, -0.1) is 5.10 Å². The van der Waals surface area contributed by atoms with Gasteiger partial charge in [-0.2, -0.15) is 5.10 Å². The summed E-state index contributed by atoms with van der Waals surface area (Å²) < 4.78 is 7.27. The molecule has 0 amide bonds. The molecule has 0 saturated heterocycles. The Morgan fingerprint density at radius 2 is 1.65 bits per heavy atom. The molecule has 4 rings (SSSR count). The Bertz CT molecular complexity index is 986. The summed E-state index contributed by atoms with van der Waals surface area (Å²) in [5.74, 6) is 0.411. The smallest absolute Gasteiger partial charge is 0.284 e. The minimum atomic E-state index is 0.238. The maximum Gasteiger partial charge on any atom is 0.284 e. The molecule has 6 heteroatoms. The highest BCUT2D eigenvalue weighted by Gasteiger charge is 2.16. The van der Waals surface area contributed by atoms with E-state index in [1.165, 1.54) is 0 Å². The van der Waals surface area contributed by atoms with E-state index in [0.29, 0.717) is 5.89 Å². The van der Waals surface area contributed by atoms with Crippen molar-refractivity contribution in [3.63, 3.8) is 0 Å². The van der Waals surface area contributed by atoms with E-state index in [-0.39, 0.29) is 4.84 Å². The molecule has 0 aliphatic heterocycles. The molecule has 1 N–H and O–H groups in total. The molecule has 0 unspecified atom stereocenters. The Morgan fingerprint density at radius 1 is 0.957 bits per heavy atom. The first kappa shape index (κ1) is 13.7. The zero-order valence-electron chi connectivity index (χ0n) is 12.0. The van der Waals surface area contributed by atoms with E-state index < -0.39 is 0 Å². The number of rotatable bonds is 3. The highest BCUT2D eigenvalue weighted by molar-refractivity contribution is 7.71. The molecule has 0 saturated carbocycles. The van der Waals surface area contributed by atoms with Crippen molar-refractivity contribution in [1.82, 2.24) is 20.0 Å². The number of nitrogens with one attached hydrogen (secondary N) is 1. The molecule has 0 bridgehead atoms. The minimum Gasteiger partial charge on any atom is -0.408 e. The van der Waals surface area contributed by atoms with Gasteiger partial charge in [0.1, 0.15) is 5.69 Å². The second kappa shape index (κ2) is 5.66. The second-order valence-corrected chi connectivity index (χ2v) is 5.32. The normalized spacial score (nSPS) is 10.8. The van der Waals surface area contributed by atoms with Crippen LogP contribution in [0, 0.1) is 4.84 Å². The molecule has 0 aliphatic rings. The predicted molar refractivity (Wildman–Crippen MR) is 89.7 cm³/mol. The van der Waals surface area contributed by atoms with Gasteiger partial charge in [-0.25, -0.2) is 9.78 Å². The van der Waals surface area contributed by atoms with Crippen LogP contribution in [0.4, 0.5) is 0 Å². The third kappa shape index (κ3) is 2.60. The number of nitrogens with zero attached hydrogens (tertiary/aromatic N) is 3. The topological polar surface area (TPSA) is 59.6 Å². The zero-order chi connectivity index (χ0) is 15.6. The van der Waals surface area contributed by atoms with Crippen molar-refractivity contribution in [2.24, 2.45) is 0 Å². The van der Waals surface area contributed by atoms with Crippen molar-refractivity contribution in [3.05, 3.63) is 71.6 Å². The summed E-state index contributed by atoms with van der Waals surface area (Å²) >= 11 is 4.98. The number of para-hydroxylation sites is 1. The van der Waals surface area contributed by atoms with Crippen molar-refractivity contribution in [2.45, 2.75) is 0 Å². The van der Waals surface area contributed by atoms with Crippen LogP contribution in [-0.2, 0) is 0 Å². The number of hydrogen-bond acceptors (Lipinski definition) is 4. The third-order valence-corrected chi connectivity index (χ3v) is 3.61. The summed E-state index contributed by atoms with van der Waals surface area (Å²) in [4.78, 5) is 0.238. The summed E-state index contributed by atoms with van der Waals surface area (Å²) in [6, 6.07) is 21.8. The lowest BCUT2D eigenvalue weighted by Crippen LogP contribution is -1.99. The van der Waals surface area contributed by atoms with Gasteiger partial charge in [-0.3, -0.25) is 0 Å². The van der Waals surface area contributed by atoms with Gasteiger partial charge in [-0.05, 0) is 30.4 Å². The summed E-state index contributed by atoms with van der Waals surface area (Å²) in [6.45, 7) is 0. The Balaban J connectivity index is 1.93. The molecular weight excluding hydrogens is 308 g/mol. The molecule has 23 heavy (non-hydrogen) atoms. The Labute approximate surface area is 137 Å². The predicted octanol–water partition coefficient (Wildman–Crippen LogP) is 4.25. The fraction of sp³-hybridized carbons (Fsp3) is 0. The number of aromatic nitrogens is 4. The van der Waals surface area contributed by atoms with Gasteiger partial charge in [0.25, 0.3) is 10.7 Å². The highest BCUT2D eigenvalue weighted by atomic mass is 32.1. The van der Waals surface area contributed by atoms with E-state index in [0.717, 1.165) is 22.6 Å². The molecule has 2 aromatic heterocycles. The first-order valence-electron chi connectivity index (χ1n) is 7.08. The van der Waals surface area contributed by atoms with Crippen LogP contribution in [0.5, 0.6) is 0 Å². The largest absolute Gasteiger partial charge is 0.408 e. The molecular formula is C17H12N4OS. The molecule has 5 nitrogen and oxygen atoms in total. The zero-order valence-corrected chi connectivity index (χ0v) is 12.8. The van der Waals surface area contributed by atoms with E-state index in [9.17, 15) is 0 Å². The third-order valence-electron chi connectivity index (χ3n) is 3.44. The fourth-order valence-electron chi connectivity index (χ4n) is 2.39. The van der Waals surface area contributed by atoms with Gasteiger partial charge < -0.3 is 4.42 Å². The van der Waals surface area contributed by atoms with Gasteiger partial charge in [0, 0.05) is 5.56 Å². The van der Waals surface area contributed by atoms with Gasteiger partial charge in [0.05, 0.1) is 11.4 Å². The van der Waals surface area contributed by atoms with Crippen LogP contribution in [0.2, 0.25) is 0 Å². The maximum atomic E-state index is 5.47. The Hall–Kier alpha value is -2.99.